The van der Waals surface area contributed by atoms with Crippen molar-refractivity contribution in [2.75, 3.05) is 26.7 Å². The van der Waals surface area contributed by atoms with Crippen LogP contribution in [-0.2, 0) is 4.79 Å². The summed E-state index contributed by atoms with van der Waals surface area (Å²) in [5, 5.41) is 12.4. The van der Waals surface area contributed by atoms with Crippen molar-refractivity contribution in [3.8, 4) is 0 Å². The SMILES string of the molecule is CCC(CCCN(CC(C)C)CC(C)C)(NC)C(=O)O. The van der Waals surface area contributed by atoms with Crippen molar-refractivity contribution in [3.05, 3.63) is 0 Å². The Morgan fingerprint density at radius 3 is 2.00 bits per heavy atom. The summed E-state index contributed by atoms with van der Waals surface area (Å²) in [5.41, 5.74) is -0.763. The van der Waals surface area contributed by atoms with Gasteiger partial charge in [-0.15, -0.1) is 0 Å². The Hall–Kier alpha value is -0.610. The first-order chi connectivity index (χ1) is 9.27. The Morgan fingerprint density at radius 2 is 1.70 bits per heavy atom. The van der Waals surface area contributed by atoms with Crippen LogP contribution >= 0.6 is 0 Å². The third-order valence-electron chi connectivity index (χ3n) is 3.82. The van der Waals surface area contributed by atoms with Crippen LogP contribution < -0.4 is 5.32 Å². The molecule has 0 fully saturated rings. The van der Waals surface area contributed by atoms with E-state index in [0.29, 0.717) is 24.7 Å². The van der Waals surface area contributed by atoms with Crippen LogP contribution in [0.25, 0.3) is 0 Å². The number of carboxylic acid groups (broad SMARTS) is 1. The van der Waals surface area contributed by atoms with E-state index in [1.807, 2.05) is 6.92 Å². The summed E-state index contributed by atoms with van der Waals surface area (Å²) >= 11 is 0. The van der Waals surface area contributed by atoms with E-state index >= 15 is 0 Å². The lowest BCUT2D eigenvalue weighted by atomic mass is 9.90. The standard InChI is InChI=1S/C16H34N2O2/c1-7-16(17-6,15(19)20)9-8-10-18(11-13(2)3)12-14(4)5/h13-14,17H,7-12H2,1-6H3,(H,19,20). The average molecular weight is 286 g/mol. The topological polar surface area (TPSA) is 52.6 Å². The van der Waals surface area contributed by atoms with E-state index in [0.717, 1.165) is 26.1 Å². The predicted octanol–water partition coefficient (Wildman–Crippen LogP) is 2.83. The molecular formula is C16H34N2O2. The van der Waals surface area contributed by atoms with Gasteiger partial charge in [0.2, 0.25) is 0 Å². The molecule has 0 aliphatic carbocycles. The maximum absolute atomic E-state index is 11.4. The van der Waals surface area contributed by atoms with Gasteiger partial charge in [0.1, 0.15) is 5.54 Å². The smallest absolute Gasteiger partial charge is 0.323 e. The number of rotatable bonds is 11. The Morgan fingerprint density at radius 1 is 1.20 bits per heavy atom. The summed E-state index contributed by atoms with van der Waals surface area (Å²) in [5.74, 6) is 0.559. The molecule has 20 heavy (non-hydrogen) atoms. The normalized spacial score (nSPS) is 15.1. The fourth-order valence-electron chi connectivity index (χ4n) is 2.74. The summed E-state index contributed by atoms with van der Waals surface area (Å²) in [6, 6.07) is 0. The molecule has 1 unspecified atom stereocenters. The molecule has 0 aromatic carbocycles. The van der Waals surface area contributed by atoms with Gasteiger partial charge in [-0.05, 0) is 44.7 Å². The first kappa shape index (κ1) is 19.4. The Bertz CT molecular complexity index is 264. The highest BCUT2D eigenvalue weighted by molar-refractivity contribution is 5.78. The number of likely N-dealkylation sites (N-methyl/N-ethyl adjacent to an activating group) is 1. The van der Waals surface area contributed by atoms with E-state index in [4.69, 9.17) is 0 Å². The number of hydrogen-bond acceptors (Lipinski definition) is 3. The number of nitrogens with zero attached hydrogens (tertiary/aromatic N) is 1. The van der Waals surface area contributed by atoms with Crippen molar-refractivity contribution in [1.29, 1.82) is 0 Å². The van der Waals surface area contributed by atoms with Gasteiger partial charge in [-0.3, -0.25) is 4.79 Å². The summed E-state index contributed by atoms with van der Waals surface area (Å²) < 4.78 is 0. The quantitative estimate of drug-likeness (QED) is 0.613. The third-order valence-corrected chi connectivity index (χ3v) is 3.82. The van der Waals surface area contributed by atoms with Gasteiger partial charge in [-0.25, -0.2) is 0 Å². The molecule has 0 aliphatic rings. The van der Waals surface area contributed by atoms with Gasteiger partial charge in [0.25, 0.3) is 0 Å². The lowest BCUT2D eigenvalue weighted by molar-refractivity contribution is -0.145. The van der Waals surface area contributed by atoms with Crippen LogP contribution in [0.1, 0.15) is 53.9 Å². The van der Waals surface area contributed by atoms with E-state index in [9.17, 15) is 9.90 Å². The molecule has 0 rings (SSSR count). The molecule has 2 N–H and O–H groups in total. The average Bonchev–Trinajstić information content (AvgIpc) is 2.33. The van der Waals surface area contributed by atoms with Gasteiger partial charge in [0.05, 0.1) is 0 Å². The van der Waals surface area contributed by atoms with E-state index < -0.39 is 11.5 Å². The van der Waals surface area contributed by atoms with Crippen LogP contribution in [0.2, 0.25) is 0 Å². The van der Waals surface area contributed by atoms with Gasteiger partial charge < -0.3 is 15.3 Å². The summed E-state index contributed by atoms with van der Waals surface area (Å²) in [7, 11) is 1.75. The summed E-state index contributed by atoms with van der Waals surface area (Å²) in [6.07, 6.45) is 2.22. The maximum atomic E-state index is 11.4. The van der Waals surface area contributed by atoms with Crippen molar-refractivity contribution in [3.63, 3.8) is 0 Å². The largest absolute Gasteiger partial charge is 0.480 e. The van der Waals surface area contributed by atoms with Crippen molar-refractivity contribution in [1.82, 2.24) is 10.2 Å². The highest BCUT2D eigenvalue weighted by Crippen LogP contribution is 2.18. The molecule has 1 atom stereocenters. The van der Waals surface area contributed by atoms with Crippen molar-refractivity contribution >= 4 is 5.97 Å². The Balaban J connectivity index is 4.43. The number of carbonyl (C=O) groups is 1. The van der Waals surface area contributed by atoms with Gasteiger partial charge in [-0.1, -0.05) is 34.6 Å². The zero-order valence-corrected chi connectivity index (χ0v) is 14.2. The van der Waals surface area contributed by atoms with E-state index in [1.165, 1.54) is 0 Å². The first-order valence-electron chi connectivity index (χ1n) is 7.92. The molecule has 0 aromatic heterocycles. The fourth-order valence-corrected chi connectivity index (χ4v) is 2.74. The summed E-state index contributed by atoms with van der Waals surface area (Å²) in [4.78, 5) is 13.9. The highest BCUT2D eigenvalue weighted by atomic mass is 16.4. The molecule has 0 saturated heterocycles. The van der Waals surface area contributed by atoms with Crippen LogP contribution in [0.3, 0.4) is 0 Å². The van der Waals surface area contributed by atoms with Crippen LogP contribution in [0.15, 0.2) is 0 Å². The van der Waals surface area contributed by atoms with Crippen LogP contribution in [0.5, 0.6) is 0 Å². The lowest BCUT2D eigenvalue weighted by Crippen LogP contribution is -2.50. The van der Waals surface area contributed by atoms with E-state index in [2.05, 4.69) is 37.9 Å². The minimum absolute atomic E-state index is 0.618. The maximum Gasteiger partial charge on any atom is 0.323 e. The Labute approximate surface area is 124 Å². The molecule has 0 heterocycles. The zero-order chi connectivity index (χ0) is 15.8. The van der Waals surface area contributed by atoms with Crippen LogP contribution in [0, 0.1) is 11.8 Å². The molecule has 4 nitrogen and oxygen atoms in total. The summed E-state index contributed by atoms with van der Waals surface area (Å²) in [6.45, 7) is 14.0. The van der Waals surface area contributed by atoms with Gasteiger partial charge in [0, 0.05) is 13.1 Å². The number of carboxylic acids is 1. The van der Waals surface area contributed by atoms with Gasteiger partial charge in [-0.2, -0.15) is 0 Å². The molecule has 0 radical (unpaired) electrons. The number of hydrogen-bond donors (Lipinski definition) is 2. The second kappa shape index (κ2) is 9.35. The van der Waals surface area contributed by atoms with Crippen LogP contribution in [-0.4, -0.2) is 48.2 Å². The second-order valence-electron chi connectivity index (χ2n) is 6.64. The van der Waals surface area contributed by atoms with E-state index in [-0.39, 0.29) is 0 Å². The molecule has 4 heteroatoms. The van der Waals surface area contributed by atoms with E-state index in [1.54, 1.807) is 7.05 Å². The lowest BCUT2D eigenvalue weighted by Gasteiger charge is -2.30. The highest BCUT2D eigenvalue weighted by Gasteiger charge is 2.34. The molecule has 0 spiro atoms. The molecule has 0 amide bonds. The molecular weight excluding hydrogens is 252 g/mol. The van der Waals surface area contributed by atoms with Gasteiger partial charge in [0.15, 0.2) is 0 Å². The van der Waals surface area contributed by atoms with Crippen LogP contribution in [0.4, 0.5) is 0 Å². The predicted molar refractivity (Wildman–Crippen MR) is 85.1 cm³/mol. The minimum atomic E-state index is -0.763. The zero-order valence-electron chi connectivity index (χ0n) is 14.2. The number of nitrogens with one attached hydrogen (secondary N) is 1. The molecule has 0 saturated carbocycles. The molecule has 0 bridgehead atoms. The molecule has 0 aromatic rings. The molecule has 120 valence electrons. The monoisotopic (exact) mass is 286 g/mol. The second-order valence-corrected chi connectivity index (χ2v) is 6.64. The third kappa shape index (κ3) is 6.71. The Kier molecular flexibility index (Phi) is 9.06. The molecule has 0 aliphatic heterocycles. The fraction of sp³-hybridized carbons (Fsp3) is 0.938. The van der Waals surface area contributed by atoms with Crippen molar-refractivity contribution < 1.29 is 9.90 Å². The van der Waals surface area contributed by atoms with Gasteiger partial charge >= 0.3 is 5.97 Å². The van der Waals surface area contributed by atoms with Crippen molar-refractivity contribution in [2.45, 2.75) is 59.4 Å². The first-order valence-corrected chi connectivity index (χ1v) is 7.92. The van der Waals surface area contributed by atoms with Crippen molar-refractivity contribution in [2.24, 2.45) is 11.8 Å². The minimum Gasteiger partial charge on any atom is -0.480 e. The number of aliphatic carboxylic acids is 1.